The van der Waals surface area contributed by atoms with Crippen molar-refractivity contribution in [1.82, 2.24) is 29.9 Å². The second-order valence-electron chi connectivity index (χ2n) is 5.19. The number of H-pyrrole nitrogens is 1. The summed E-state index contributed by atoms with van der Waals surface area (Å²) in [4.78, 5) is 9.63. The van der Waals surface area contributed by atoms with Gasteiger partial charge in [0, 0.05) is 31.5 Å². The number of nitrogens with zero attached hydrogens (tertiary/aromatic N) is 5. The van der Waals surface area contributed by atoms with Crippen LogP contribution in [0.4, 0.5) is 0 Å². The minimum atomic E-state index is 0.271. The van der Waals surface area contributed by atoms with Gasteiger partial charge in [0.25, 0.3) is 0 Å². The van der Waals surface area contributed by atoms with Crippen LogP contribution >= 0.6 is 0 Å². The number of aromatic nitrogens is 5. The van der Waals surface area contributed by atoms with Crippen LogP contribution in [0.3, 0.4) is 0 Å². The summed E-state index contributed by atoms with van der Waals surface area (Å²) in [6.07, 6.45) is 6.71. The monoisotopic (exact) mass is 260 g/mol. The fraction of sp³-hybridized carbons (Fsp3) is 0.583. The van der Waals surface area contributed by atoms with Crippen LogP contribution in [0.2, 0.25) is 0 Å². The van der Waals surface area contributed by atoms with E-state index in [1.807, 2.05) is 10.9 Å². The fourth-order valence-corrected chi connectivity index (χ4v) is 3.00. The first kappa shape index (κ1) is 11.1. The number of aromatic amines is 1. The standard InChI is InChI=1S/C12H16N6O/c1-2-17(5-9-3-13-8-14-9)6-11-12(1)19-7-10-4-15-16-18(10)11/h3-4,8,11-12H,1-2,5-7H2,(H,13,14)/t11-,12+/m1/s1. The molecule has 7 heteroatoms. The second kappa shape index (κ2) is 4.43. The van der Waals surface area contributed by atoms with E-state index in [0.29, 0.717) is 6.61 Å². The number of rotatable bonds is 2. The topological polar surface area (TPSA) is 71.9 Å². The van der Waals surface area contributed by atoms with Crippen LogP contribution in [0.15, 0.2) is 18.7 Å². The summed E-state index contributed by atoms with van der Waals surface area (Å²) in [5.41, 5.74) is 2.22. The Morgan fingerprint density at radius 1 is 1.42 bits per heavy atom. The molecule has 1 fully saturated rings. The lowest BCUT2D eigenvalue weighted by molar-refractivity contribution is -0.0671. The van der Waals surface area contributed by atoms with E-state index >= 15 is 0 Å². The third kappa shape index (κ3) is 1.95. The minimum Gasteiger partial charge on any atom is -0.370 e. The SMILES string of the molecule is c1ncc(CN2CC[C@@H]3OCc4cnnn4[C@@H]3C2)[nH]1. The Balaban J connectivity index is 1.52. The minimum absolute atomic E-state index is 0.271. The molecular formula is C12H16N6O. The summed E-state index contributed by atoms with van der Waals surface area (Å²) in [5, 5.41) is 8.21. The molecular weight excluding hydrogens is 244 g/mol. The first-order valence-electron chi connectivity index (χ1n) is 6.60. The molecule has 100 valence electrons. The number of fused-ring (bicyclic) bond motifs is 3. The van der Waals surface area contributed by atoms with Crippen molar-refractivity contribution in [3.8, 4) is 0 Å². The Hall–Kier alpha value is -1.73. The van der Waals surface area contributed by atoms with Crippen molar-refractivity contribution in [2.24, 2.45) is 0 Å². The Bertz CT molecular complexity index is 550. The molecule has 0 bridgehead atoms. The zero-order valence-electron chi connectivity index (χ0n) is 10.6. The highest BCUT2D eigenvalue weighted by molar-refractivity contribution is 5.02. The van der Waals surface area contributed by atoms with Gasteiger partial charge in [-0.1, -0.05) is 5.21 Å². The van der Waals surface area contributed by atoms with Crippen molar-refractivity contribution in [2.75, 3.05) is 13.1 Å². The number of likely N-dealkylation sites (tertiary alicyclic amines) is 1. The Morgan fingerprint density at radius 3 is 3.32 bits per heavy atom. The van der Waals surface area contributed by atoms with Crippen molar-refractivity contribution < 1.29 is 4.74 Å². The predicted octanol–water partition coefficient (Wildman–Crippen LogP) is 0.347. The van der Waals surface area contributed by atoms with Crippen LogP contribution in [-0.4, -0.2) is 49.1 Å². The fourth-order valence-electron chi connectivity index (χ4n) is 3.00. The van der Waals surface area contributed by atoms with Crippen LogP contribution in [0, 0.1) is 0 Å². The van der Waals surface area contributed by atoms with Gasteiger partial charge < -0.3 is 9.72 Å². The molecule has 2 atom stereocenters. The molecule has 0 saturated carbocycles. The third-order valence-electron chi connectivity index (χ3n) is 3.96. The summed E-state index contributed by atoms with van der Waals surface area (Å²) >= 11 is 0. The zero-order valence-corrected chi connectivity index (χ0v) is 10.6. The molecule has 2 aromatic rings. The summed E-state index contributed by atoms with van der Waals surface area (Å²) < 4.78 is 7.94. The number of imidazole rings is 1. The average Bonchev–Trinajstić information content (AvgIpc) is 3.08. The Labute approximate surface area is 110 Å². The van der Waals surface area contributed by atoms with Gasteiger partial charge in [0.05, 0.1) is 37.0 Å². The van der Waals surface area contributed by atoms with Gasteiger partial charge in [-0.05, 0) is 6.42 Å². The van der Waals surface area contributed by atoms with E-state index in [1.54, 1.807) is 12.5 Å². The van der Waals surface area contributed by atoms with Crippen LogP contribution in [0.5, 0.6) is 0 Å². The van der Waals surface area contributed by atoms with Gasteiger partial charge in [0.1, 0.15) is 0 Å². The predicted molar refractivity (Wildman–Crippen MR) is 66.1 cm³/mol. The molecule has 0 amide bonds. The van der Waals surface area contributed by atoms with Gasteiger partial charge in [-0.25, -0.2) is 9.67 Å². The van der Waals surface area contributed by atoms with Gasteiger partial charge in [-0.3, -0.25) is 4.90 Å². The van der Waals surface area contributed by atoms with Gasteiger partial charge in [-0.2, -0.15) is 0 Å². The van der Waals surface area contributed by atoms with Crippen molar-refractivity contribution >= 4 is 0 Å². The van der Waals surface area contributed by atoms with E-state index in [0.717, 1.165) is 37.4 Å². The summed E-state index contributed by atoms with van der Waals surface area (Å²) in [7, 11) is 0. The first-order chi connectivity index (χ1) is 9.40. The van der Waals surface area contributed by atoms with Gasteiger partial charge in [0.15, 0.2) is 0 Å². The molecule has 0 aromatic carbocycles. The van der Waals surface area contributed by atoms with Crippen molar-refractivity contribution in [3.05, 3.63) is 30.1 Å². The molecule has 4 rings (SSSR count). The average molecular weight is 260 g/mol. The van der Waals surface area contributed by atoms with Crippen molar-refractivity contribution in [1.29, 1.82) is 0 Å². The first-order valence-corrected chi connectivity index (χ1v) is 6.60. The molecule has 2 aromatic heterocycles. The molecule has 2 aliphatic heterocycles. The van der Waals surface area contributed by atoms with E-state index in [9.17, 15) is 0 Å². The maximum atomic E-state index is 5.90. The highest BCUT2D eigenvalue weighted by Crippen LogP contribution is 2.30. The van der Waals surface area contributed by atoms with Crippen molar-refractivity contribution in [2.45, 2.75) is 31.7 Å². The van der Waals surface area contributed by atoms with E-state index in [4.69, 9.17) is 4.74 Å². The summed E-state index contributed by atoms with van der Waals surface area (Å²) in [6, 6.07) is 0.280. The second-order valence-corrected chi connectivity index (χ2v) is 5.19. The maximum absolute atomic E-state index is 5.90. The molecule has 7 nitrogen and oxygen atoms in total. The molecule has 0 spiro atoms. The molecule has 4 heterocycles. The van der Waals surface area contributed by atoms with Crippen LogP contribution < -0.4 is 0 Å². The van der Waals surface area contributed by atoms with Gasteiger partial charge >= 0.3 is 0 Å². The number of hydrogen-bond donors (Lipinski definition) is 1. The molecule has 1 N–H and O–H groups in total. The number of ether oxygens (including phenoxy) is 1. The Morgan fingerprint density at radius 2 is 2.42 bits per heavy atom. The summed E-state index contributed by atoms with van der Waals surface area (Å²) in [6.45, 7) is 3.52. The van der Waals surface area contributed by atoms with Crippen LogP contribution in [0.1, 0.15) is 23.9 Å². The Kier molecular flexibility index (Phi) is 2.59. The van der Waals surface area contributed by atoms with Crippen molar-refractivity contribution in [3.63, 3.8) is 0 Å². The zero-order chi connectivity index (χ0) is 12.7. The number of nitrogens with one attached hydrogen (secondary N) is 1. The van der Waals surface area contributed by atoms with Gasteiger partial charge in [0.2, 0.25) is 0 Å². The lowest BCUT2D eigenvalue weighted by atomic mass is 10.0. The number of piperidine rings is 1. The lowest BCUT2D eigenvalue weighted by Crippen LogP contribution is -2.47. The highest BCUT2D eigenvalue weighted by Gasteiger charge is 2.36. The van der Waals surface area contributed by atoms with Crippen LogP contribution in [0.25, 0.3) is 0 Å². The molecule has 19 heavy (non-hydrogen) atoms. The number of hydrogen-bond acceptors (Lipinski definition) is 5. The largest absolute Gasteiger partial charge is 0.370 e. The molecule has 0 unspecified atom stereocenters. The van der Waals surface area contributed by atoms with E-state index < -0.39 is 0 Å². The smallest absolute Gasteiger partial charge is 0.0930 e. The van der Waals surface area contributed by atoms with E-state index in [1.165, 1.54) is 0 Å². The summed E-state index contributed by atoms with van der Waals surface area (Å²) in [5.74, 6) is 0. The lowest BCUT2D eigenvalue weighted by Gasteiger charge is -2.40. The highest BCUT2D eigenvalue weighted by atomic mass is 16.5. The quantitative estimate of drug-likeness (QED) is 0.843. The normalized spacial score (nSPS) is 26.9. The molecule has 1 saturated heterocycles. The van der Waals surface area contributed by atoms with E-state index in [2.05, 4.69) is 25.2 Å². The third-order valence-corrected chi connectivity index (χ3v) is 3.96. The van der Waals surface area contributed by atoms with Gasteiger partial charge in [-0.15, -0.1) is 5.10 Å². The molecule has 0 aliphatic carbocycles. The van der Waals surface area contributed by atoms with E-state index in [-0.39, 0.29) is 12.1 Å². The molecule has 2 aliphatic rings. The maximum Gasteiger partial charge on any atom is 0.0930 e. The van der Waals surface area contributed by atoms with Crippen LogP contribution in [-0.2, 0) is 17.9 Å². The molecule has 0 radical (unpaired) electrons.